The Balaban J connectivity index is 1.62. The predicted molar refractivity (Wildman–Crippen MR) is 141 cm³/mol. The molecular formula is C26H18ClF4NO5S2. The summed E-state index contributed by atoms with van der Waals surface area (Å²) in [5, 5.41) is 11.4. The van der Waals surface area contributed by atoms with E-state index in [0.717, 1.165) is 28.1 Å². The van der Waals surface area contributed by atoms with Gasteiger partial charge in [0, 0.05) is 22.7 Å². The van der Waals surface area contributed by atoms with Crippen LogP contribution >= 0.6 is 23.9 Å². The van der Waals surface area contributed by atoms with Gasteiger partial charge in [0.2, 0.25) is 0 Å². The van der Waals surface area contributed by atoms with Crippen molar-refractivity contribution in [2.45, 2.75) is 30.4 Å². The third-order valence-electron chi connectivity index (χ3n) is 6.78. The first-order valence-electron chi connectivity index (χ1n) is 11.4. The molecule has 1 aromatic heterocycles. The number of alkyl halides is 3. The maximum atomic E-state index is 13.8. The normalized spacial score (nSPS) is 15.2. The van der Waals surface area contributed by atoms with Crippen LogP contribution in [0.3, 0.4) is 0 Å². The topological polar surface area (TPSA) is 85.6 Å². The van der Waals surface area contributed by atoms with Crippen LogP contribution in [0.1, 0.15) is 35.2 Å². The lowest BCUT2D eigenvalue weighted by Crippen LogP contribution is -2.33. The van der Waals surface area contributed by atoms with Gasteiger partial charge < -0.3 is 9.29 Å². The molecule has 204 valence electrons. The number of nitrogens with zero attached hydrogens (tertiary/aromatic N) is 1. The fraction of sp³-hybridized carbons (Fsp3) is 0.192. The van der Waals surface area contributed by atoms with Crippen molar-refractivity contribution in [2.24, 2.45) is 0 Å². The molecule has 3 aromatic carbocycles. The molecule has 1 aliphatic rings. The van der Waals surface area contributed by atoms with Crippen LogP contribution in [0.5, 0.6) is 5.75 Å². The molecule has 5 rings (SSSR count). The number of fused-ring (bicyclic) bond motifs is 1. The third-order valence-corrected chi connectivity index (χ3v) is 8.51. The second-order valence-electron chi connectivity index (χ2n) is 9.10. The maximum Gasteiger partial charge on any atom is 0.534 e. The minimum atomic E-state index is -6.05. The first-order valence-corrected chi connectivity index (χ1v) is 13.9. The minimum Gasteiger partial charge on any atom is -0.385 e. The Kier molecular flexibility index (Phi) is 6.94. The second kappa shape index (κ2) is 9.84. The molecule has 0 saturated heterocycles. The van der Waals surface area contributed by atoms with E-state index in [9.17, 15) is 35.4 Å². The first-order chi connectivity index (χ1) is 18.4. The summed E-state index contributed by atoms with van der Waals surface area (Å²) >= 11 is 6.40. The van der Waals surface area contributed by atoms with E-state index in [1.807, 2.05) is 0 Å². The van der Waals surface area contributed by atoms with Crippen LogP contribution in [0.2, 0.25) is 5.02 Å². The van der Waals surface area contributed by atoms with Gasteiger partial charge in [-0.1, -0.05) is 41.9 Å². The Morgan fingerprint density at radius 3 is 2.26 bits per heavy atom. The van der Waals surface area contributed by atoms with Gasteiger partial charge in [0.25, 0.3) is 0 Å². The van der Waals surface area contributed by atoms with Crippen molar-refractivity contribution in [1.29, 1.82) is 0 Å². The molecule has 1 aliphatic carbocycles. The second-order valence-corrected chi connectivity index (χ2v) is 11.6. The maximum absolute atomic E-state index is 13.8. The largest absolute Gasteiger partial charge is 0.534 e. The van der Waals surface area contributed by atoms with E-state index >= 15 is 0 Å². The van der Waals surface area contributed by atoms with Crippen LogP contribution in [0.15, 0.2) is 60.8 Å². The lowest BCUT2D eigenvalue weighted by molar-refractivity contribution is -0.0500. The van der Waals surface area contributed by atoms with Crippen molar-refractivity contribution in [3.63, 3.8) is 0 Å². The van der Waals surface area contributed by atoms with E-state index in [1.54, 1.807) is 30.3 Å². The van der Waals surface area contributed by atoms with E-state index < -0.39 is 32.5 Å². The van der Waals surface area contributed by atoms with Crippen LogP contribution in [-0.4, -0.2) is 29.3 Å². The molecule has 1 N–H and O–H groups in total. The number of carbonyl (C=O) groups is 1. The number of carbonyl (C=O) groups excluding carboxylic acids is 1. The smallest absolute Gasteiger partial charge is 0.385 e. The summed E-state index contributed by atoms with van der Waals surface area (Å²) < 4.78 is 81.2. The molecule has 0 radical (unpaired) electrons. The lowest BCUT2D eigenvalue weighted by Gasteiger charge is -2.37. The van der Waals surface area contributed by atoms with Gasteiger partial charge in [-0.2, -0.15) is 21.6 Å². The number of rotatable bonds is 7. The molecule has 6 nitrogen and oxygen atoms in total. The molecule has 1 saturated carbocycles. The zero-order valence-electron chi connectivity index (χ0n) is 19.7. The van der Waals surface area contributed by atoms with E-state index in [0.29, 0.717) is 45.5 Å². The summed E-state index contributed by atoms with van der Waals surface area (Å²) in [6, 6.07) is 13.9. The Hall–Kier alpha value is -3.06. The average Bonchev–Trinajstić information content (AvgIpc) is 3.23. The number of aldehydes is 1. The number of aliphatic hydroxyl groups is 1. The Morgan fingerprint density at radius 1 is 1.03 bits per heavy atom. The van der Waals surface area contributed by atoms with Crippen LogP contribution in [0, 0.1) is 0 Å². The molecule has 0 amide bonds. The number of benzene rings is 3. The van der Waals surface area contributed by atoms with Crippen molar-refractivity contribution in [2.75, 3.05) is 0 Å². The molecule has 0 spiro atoms. The molecule has 39 heavy (non-hydrogen) atoms. The first kappa shape index (κ1) is 27.5. The molecule has 0 atom stereocenters. The van der Waals surface area contributed by atoms with Gasteiger partial charge >= 0.3 is 15.6 Å². The zero-order valence-corrected chi connectivity index (χ0v) is 22.1. The van der Waals surface area contributed by atoms with Gasteiger partial charge in [0.1, 0.15) is 0 Å². The summed E-state index contributed by atoms with van der Waals surface area (Å²) in [6.07, 6.45) is 3.82. The number of halogens is 5. The summed E-state index contributed by atoms with van der Waals surface area (Å²) in [4.78, 5) is 11.4. The molecule has 4 aromatic rings. The van der Waals surface area contributed by atoms with Crippen molar-refractivity contribution in [3.8, 4) is 28.0 Å². The average molecular weight is 600 g/mol. The monoisotopic (exact) mass is 599 g/mol. The summed E-state index contributed by atoms with van der Waals surface area (Å²) in [5.41, 5.74) is -4.09. The molecular weight excluding hydrogens is 582 g/mol. The van der Waals surface area contributed by atoms with Crippen LogP contribution in [-0.2, 0) is 15.7 Å². The highest BCUT2D eigenvalue weighted by Crippen LogP contribution is 2.43. The molecule has 13 heteroatoms. The Labute approximate surface area is 229 Å². The van der Waals surface area contributed by atoms with Gasteiger partial charge in [-0.25, -0.2) is 0 Å². The minimum absolute atomic E-state index is 0.139. The van der Waals surface area contributed by atoms with Gasteiger partial charge in [-0.15, -0.1) is 3.89 Å². The van der Waals surface area contributed by atoms with Crippen molar-refractivity contribution in [3.05, 3.63) is 76.9 Å². The van der Waals surface area contributed by atoms with Crippen molar-refractivity contribution < 1.29 is 39.6 Å². The SMILES string of the molecule is O=Cc1ccc(-c2cn(SF)c3cc(Cl)c(-c4ccc(C5(O)CCC5)cc4)cc23)cc1OS(=O)(=O)C(F)(F)F. The standard InChI is InChI=1S/C26H18ClF4NO5S2/c27-22-12-23-20(11-19(22)15-4-6-18(7-5-15)25(34)8-1-9-25)21(13-32(23)38-31)16-2-3-17(14-33)24(10-16)37-39(35,36)26(28,29)30/h2-7,10-14,34H,1,8-9H2. The van der Waals surface area contributed by atoms with Crippen LogP contribution < -0.4 is 4.18 Å². The zero-order chi connectivity index (χ0) is 28.2. The fourth-order valence-electron chi connectivity index (χ4n) is 4.52. The quantitative estimate of drug-likeness (QED) is 0.103. The molecule has 0 aliphatic heterocycles. The summed E-state index contributed by atoms with van der Waals surface area (Å²) in [6.45, 7) is 0. The van der Waals surface area contributed by atoms with E-state index in [4.69, 9.17) is 11.6 Å². The van der Waals surface area contributed by atoms with Gasteiger partial charge in [0.15, 0.2) is 24.4 Å². The van der Waals surface area contributed by atoms with Crippen LogP contribution in [0.25, 0.3) is 33.2 Å². The van der Waals surface area contributed by atoms with Gasteiger partial charge in [0.05, 0.1) is 21.7 Å². The highest BCUT2D eigenvalue weighted by atomic mass is 35.5. The van der Waals surface area contributed by atoms with E-state index in [-0.39, 0.29) is 24.2 Å². The van der Waals surface area contributed by atoms with Crippen LogP contribution in [0.4, 0.5) is 17.1 Å². The summed E-state index contributed by atoms with van der Waals surface area (Å²) in [7, 11) is -6.05. The van der Waals surface area contributed by atoms with E-state index in [1.165, 1.54) is 18.3 Å². The van der Waals surface area contributed by atoms with Gasteiger partial charge in [-0.3, -0.25) is 8.77 Å². The highest BCUT2D eigenvalue weighted by molar-refractivity contribution is 7.92. The Morgan fingerprint density at radius 2 is 1.69 bits per heavy atom. The number of hydrogen-bond donors (Lipinski definition) is 1. The molecule has 0 bridgehead atoms. The third kappa shape index (κ3) is 4.90. The predicted octanol–water partition coefficient (Wildman–Crippen LogP) is 7.42. The highest BCUT2D eigenvalue weighted by Gasteiger charge is 2.48. The molecule has 0 unspecified atom stereocenters. The Bertz CT molecular complexity index is 1700. The van der Waals surface area contributed by atoms with Crippen molar-refractivity contribution >= 4 is 51.2 Å². The molecule has 1 heterocycles. The summed E-state index contributed by atoms with van der Waals surface area (Å²) in [5.74, 6) is -0.827. The number of hydrogen-bond acceptors (Lipinski definition) is 6. The van der Waals surface area contributed by atoms with Gasteiger partial charge in [-0.05, 0) is 60.2 Å². The fourth-order valence-corrected chi connectivity index (χ4v) is 5.64. The van der Waals surface area contributed by atoms with E-state index in [2.05, 4.69) is 4.18 Å². The number of aromatic nitrogens is 1. The van der Waals surface area contributed by atoms with Crippen molar-refractivity contribution in [1.82, 2.24) is 3.97 Å². The lowest BCUT2D eigenvalue weighted by atomic mass is 9.75. The molecule has 1 fully saturated rings.